The van der Waals surface area contributed by atoms with E-state index in [4.69, 9.17) is 17.3 Å². The molecule has 92 valence electrons. The molecule has 1 amide bonds. The van der Waals surface area contributed by atoms with Gasteiger partial charge < -0.3 is 11.1 Å². The number of amides is 1. The van der Waals surface area contributed by atoms with Gasteiger partial charge in [0.05, 0.1) is 18.3 Å². The normalized spacial score (nSPS) is 10.1. The van der Waals surface area contributed by atoms with Crippen molar-refractivity contribution < 1.29 is 4.79 Å². The molecule has 0 aliphatic heterocycles. The highest BCUT2D eigenvalue weighted by atomic mass is 35.5. The van der Waals surface area contributed by atoms with Crippen molar-refractivity contribution in [2.45, 2.75) is 6.42 Å². The second kappa shape index (κ2) is 5.51. The summed E-state index contributed by atoms with van der Waals surface area (Å²) in [7, 11) is 0. The van der Waals surface area contributed by atoms with Gasteiger partial charge in [0.1, 0.15) is 0 Å². The summed E-state index contributed by atoms with van der Waals surface area (Å²) in [6.07, 6.45) is 1.74. The Morgan fingerprint density at radius 1 is 1.22 bits per heavy atom. The molecule has 18 heavy (non-hydrogen) atoms. The van der Waals surface area contributed by atoms with Crippen LogP contribution in [-0.2, 0) is 11.2 Å². The molecule has 0 radical (unpaired) electrons. The van der Waals surface area contributed by atoms with E-state index in [1.807, 2.05) is 0 Å². The number of pyridine rings is 1. The van der Waals surface area contributed by atoms with Gasteiger partial charge in [0.25, 0.3) is 0 Å². The summed E-state index contributed by atoms with van der Waals surface area (Å²) in [5.41, 5.74) is 7.48. The number of anilines is 2. The first-order chi connectivity index (χ1) is 8.63. The highest BCUT2D eigenvalue weighted by molar-refractivity contribution is 6.30. The molecule has 1 heterocycles. The van der Waals surface area contributed by atoms with Crippen LogP contribution < -0.4 is 11.1 Å². The first-order valence-electron chi connectivity index (χ1n) is 5.39. The van der Waals surface area contributed by atoms with Crippen LogP contribution in [0.1, 0.15) is 5.69 Å². The van der Waals surface area contributed by atoms with E-state index in [0.29, 0.717) is 22.1 Å². The predicted molar refractivity (Wildman–Crippen MR) is 72.4 cm³/mol. The lowest BCUT2D eigenvalue weighted by Crippen LogP contribution is -2.15. The maximum absolute atomic E-state index is 11.7. The molecule has 2 rings (SSSR count). The lowest BCUT2D eigenvalue weighted by molar-refractivity contribution is -0.115. The van der Waals surface area contributed by atoms with Crippen LogP contribution in [-0.4, -0.2) is 10.9 Å². The van der Waals surface area contributed by atoms with Crippen molar-refractivity contribution in [3.63, 3.8) is 0 Å². The summed E-state index contributed by atoms with van der Waals surface area (Å²) >= 11 is 5.76. The second-order valence-corrected chi connectivity index (χ2v) is 4.25. The molecular formula is C13H12ClN3O. The average Bonchev–Trinajstić information content (AvgIpc) is 2.35. The summed E-state index contributed by atoms with van der Waals surface area (Å²) in [5.74, 6) is -0.130. The fraction of sp³-hybridized carbons (Fsp3) is 0.0769. The summed E-state index contributed by atoms with van der Waals surface area (Å²) in [6, 6.07) is 10.4. The number of halogens is 1. The molecule has 0 saturated carbocycles. The van der Waals surface area contributed by atoms with Crippen LogP contribution in [0.15, 0.2) is 42.6 Å². The zero-order chi connectivity index (χ0) is 13.0. The Morgan fingerprint density at radius 3 is 2.56 bits per heavy atom. The van der Waals surface area contributed by atoms with Crippen molar-refractivity contribution in [1.82, 2.24) is 4.98 Å². The minimum atomic E-state index is -0.130. The summed E-state index contributed by atoms with van der Waals surface area (Å²) < 4.78 is 0. The molecule has 0 atom stereocenters. The molecule has 0 aliphatic carbocycles. The van der Waals surface area contributed by atoms with Crippen LogP contribution in [0.4, 0.5) is 11.4 Å². The van der Waals surface area contributed by atoms with Crippen molar-refractivity contribution in [2.75, 3.05) is 11.1 Å². The maximum Gasteiger partial charge on any atom is 0.230 e. The molecule has 0 aliphatic rings. The minimum Gasteiger partial charge on any atom is -0.397 e. The molecule has 5 heteroatoms. The SMILES string of the molecule is Nc1ccc(CC(=O)Nc2ccc(Cl)cc2)nc1. The molecule has 1 aromatic carbocycles. The molecule has 0 saturated heterocycles. The van der Waals surface area contributed by atoms with E-state index in [-0.39, 0.29) is 12.3 Å². The van der Waals surface area contributed by atoms with Gasteiger partial charge in [-0.3, -0.25) is 9.78 Å². The fourth-order valence-corrected chi connectivity index (χ4v) is 1.57. The van der Waals surface area contributed by atoms with Crippen LogP contribution >= 0.6 is 11.6 Å². The smallest absolute Gasteiger partial charge is 0.230 e. The standard InChI is InChI=1S/C13H12ClN3O/c14-9-1-4-11(5-2-9)17-13(18)7-12-6-3-10(15)8-16-12/h1-6,8H,7,15H2,(H,17,18). The zero-order valence-electron chi connectivity index (χ0n) is 9.56. The summed E-state index contributed by atoms with van der Waals surface area (Å²) in [4.78, 5) is 15.8. The lowest BCUT2D eigenvalue weighted by atomic mass is 10.2. The largest absolute Gasteiger partial charge is 0.397 e. The van der Waals surface area contributed by atoms with Crippen molar-refractivity contribution in [3.8, 4) is 0 Å². The first kappa shape index (κ1) is 12.4. The van der Waals surface area contributed by atoms with Crippen molar-refractivity contribution >= 4 is 28.9 Å². The zero-order valence-corrected chi connectivity index (χ0v) is 10.3. The Balaban J connectivity index is 1.96. The topological polar surface area (TPSA) is 68.0 Å². The number of nitrogens with two attached hydrogens (primary N) is 1. The van der Waals surface area contributed by atoms with E-state index in [9.17, 15) is 4.79 Å². The van der Waals surface area contributed by atoms with Gasteiger partial charge in [0.15, 0.2) is 0 Å². The van der Waals surface area contributed by atoms with E-state index < -0.39 is 0 Å². The van der Waals surface area contributed by atoms with E-state index in [1.54, 1.807) is 36.4 Å². The number of rotatable bonds is 3. The third-order valence-electron chi connectivity index (χ3n) is 2.32. The number of hydrogen-bond donors (Lipinski definition) is 2. The third kappa shape index (κ3) is 3.46. The number of hydrogen-bond acceptors (Lipinski definition) is 3. The highest BCUT2D eigenvalue weighted by Crippen LogP contribution is 2.13. The van der Waals surface area contributed by atoms with Gasteiger partial charge in [-0.2, -0.15) is 0 Å². The van der Waals surface area contributed by atoms with Gasteiger partial charge in [-0.25, -0.2) is 0 Å². The third-order valence-corrected chi connectivity index (χ3v) is 2.57. The number of nitrogens with zero attached hydrogens (tertiary/aromatic N) is 1. The monoisotopic (exact) mass is 261 g/mol. The van der Waals surface area contributed by atoms with E-state index in [2.05, 4.69) is 10.3 Å². The molecule has 0 spiro atoms. The van der Waals surface area contributed by atoms with Crippen molar-refractivity contribution in [3.05, 3.63) is 53.3 Å². The number of carbonyl (C=O) groups excluding carboxylic acids is 1. The Morgan fingerprint density at radius 2 is 1.94 bits per heavy atom. The molecule has 0 unspecified atom stereocenters. The van der Waals surface area contributed by atoms with Crippen LogP contribution in [0.3, 0.4) is 0 Å². The van der Waals surface area contributed by atoms with E-state index in [1.165, 1.54) is 6.20 Å². The number of aromatic nitrogens is 1. The van der Waals surface area contributed by atoms with Crippen LogP contribution in [0.2, 0.25) is 5.02 Å². The second-order valence-electron chi connectivity index (χ2n) is 3.81. The average molecular weight is 262 g/mol. The Hall–Kier alpha value is -2.07. The van der Waals surface area contributed by atoms with Gasteiger partial charge in [-0.15, -0.1) is 0 Å². The van der Waals surface area contributed by atoms with Gasteiger partial charge in [-0.05, 0) is 36.4 Å². The fourth-order valence-electron chi connectivity index (χ4n) is 1.44. The lowest BCUT2D eigenvalue weighted by Gasteiger charge is -2.05. The number of benzene rings is 1. The molecular weight excluding hydrogens is 250 g/mol. The number of carbonyl (C=O) groups is 1. The van der Waals surface area contributed by atoms with E-state index >= 15 is 0 Å². The molecule has 2 aromatic rings. The molecule has 4 nitrogen and oxygen atoms in total. The Labute approximate surface area is 110 Å². The number of nitrogens with one attached hydrogen (secondary N) is 1. The predicted octanol–water partition coefficient (Wildman–Crippen LogP) is 2.50. The summed E-state index contributed by atoms with van der Waals surface area (Å²) in [5, 5.41) is 3.40. The van der Waals surface area contributed by atoms with Gasteiger partial charge in [-0.1, -0.05) is 11.6 Å². The van der Waals surface area contributed by atoms with Gasteiger partial charge >= 0.3 is 0 Å². The molecule has 3 N–H and O–H groups in total. The Bertz CT molecular complexity index is 488. The van der Waals surface area contributed by atoms with Crippen LogP contribution in [0.25, 0.3) is 0 Å². The van der Waals surface area contributed by atoms with Crippen molar-refractivity contribution in [1.29, 1.82) is 0 Å². The van der Waals surface area contributed by atoms with E-state index in [0.717, 1.165) is 0 Å². The highest BCUT2D eigenvalue weighted by Gasteiger charge is 2.05. The molecule has 1 aromatic heterocycles. The minimum absolute atomic E-state index is 0.130. The van der Waals surface area contributed by atoms with Gasteiger partial charge in [0.2, 0.25) is 5.91 Å². The maximum atomic E-state index is 11.7. The quantitative estimate of drug-likeness (QED) is 0.892. The van der Waals surface area contributed by atoms with Crippen molar-refractivity contribution in [2.24, 2.45) is 0 Å². The first-order valence-corrected chi connectivity index (χ1v) is 5.77. The van der Waals surface area contributed by atoms with Crippen LogP contribution in [0, 0.1) is 0 Å². The van der Waals surface area contributed by atoms with Gasteiger partial charge in [0, 0.05) is 16.4 Å². The molecule has 0 bridgehead atoms. The number of nitrogen functional groups attached to an aromatic ring is 1. The molecule has 0 fully saturated rings. The Kier molecular flexibility index (Phi) is 3.79. The summed E-state index contributed by atoms with van der Waals surface area (Å²) in [6.45, 7) is 0. The van der Waals surface area contributed by atoms with Crippen LogP contribution in [0.5, 0.6) is 0 Å².